The van der Waals surface area contributed by atoms with Crippen LogP contribution in [-0.4, -0.2) is 39.2 Å². The first-order chi connectivity index (χ1) is 8.55. The largest absolute Gasteiger partial charge is 0.347 e. The summed E-state index contributed by atoms with van der Waals surface area (Å²) >= 11 is 0. The SMILES string of the molecule is C#CCS(=O)(=O)NC[C@@H]1COC2(CCCCC2)O1. The van der Waals surface area contributed by atoms with E-state index in [0.29, 0.717) is 6.61 Å². The molecular weight excluding hydrogens is 254 g/mol. The molecule has 5 nitrogen and oxygen atoms in total. The van der Waals surface area contributed by atoms with Gasteiger partial charge >= 0.3 is 0 Å². The molecule has 0 unspecified atom stereocenters. The van der Waals surface area contributed by atoms with Crippen LogP contribution in [0.5, 0.6) is 0 Å². The summed E-state index contributed by atoms with van der Waals surface area (Å²) in [5, 5.41) is 0. The van der Waals surface area contributed by atoms with Crippen molar-refractivity contribution in [1.29, 1.82) is 0 Å². The van der Waals surface area contributed by atoms with Crippen LogP contribution >= 0.6 is 0 Å². The van der Waals surface area contributed by atoms with Crippen molar-refractivity contribution in [3.05, 3.63) is 0 Å². The molecule has 2 aliphatic rings. The van der Waals surface area contributed by atoms with Gasteiger partial charge in [0.25, 0.3) is 0 Å². The van der Waals surface area contributed by atoms with Gasteiger partial charge in [0.15, 0.2) is 5.79 Å². The lowest BCUT2D eigenvalue weighted by Crippen LogP contribution is -2.37. The summed E-state index contributed by atoms with van der Waals surface area (Å²) in [5.41, 5.74) is 0. The second-order valence-electron chi connectivity index (χ2n) is 4.83. The molecule has 0 amide bonds. The molecule has 1 N–H and O–H groups in total. The van der Waals surface area contributed by atoms with E-state index >= 15 is 0 Å². The Hall–Kier alpha value is -0.610. The summed E-state index contributed by atoms with van der Waals surface area (Å²) in [6, 6.07) is 0. The fourth-order valence-electron chi connectivity index (χ4n) is 2.45. The lowest BCUT2D eigenvalue weighted by atomic mass is 9.94. The molecule has 0 aromatic carbocycles. The van der Waals surface area contributed by atoms with Crippen LogP contribution < -0.4 is 4.72 Å². The summed E-state index contributed by atoms with van der Waals surface area (Å²) in [5.74, 6) is 1.36. The van der Waals surface area contributed by atoms with E-state index in [-0.39, 0.29) is 18.4 Å². The monoisotopic (exact) mass is 273 g/mol. The van der Waals surface area contributed by atoms with Crippen LogP contribution in [-0.2, 0) is 19.5 Å². The van der Waals surface area contributed by atoms with E-state index in [0.717, 1.165) is 25.7 Å². The fourth-order valence-corrected chi connectivity index (χ4v) is 3.21. The van der Waals surface area contributed by atoms with Gasteiger partial charge in [-0.25, -0.2) is 13.1 Å². The Labute approximate surface area is 108 Å². The Morgan fingerprint density at radius 2 is 2.06 bits per heavy atom. The van der Waals surface area contributed by atoms with Gasteiger partial charge in [0.05, 0.1) is 12.7 Å². The molecule has 102 valence electrons. The fraction of sp³-hybridized carbons (Fsp3) is 0.833. The Morgan fingerprint density at radius 3 is 2.72 bits per heavy atom. The summed E-state index contributed by atoms with van der Waals surface area (Å²) in [7, 11) is -3.38. The maximum atomic E-state index is 11.4. The topological polar surface area (TPSA) is 64.6 Å². The second kappa shape index (κ2) is 5.57. The number of sulfonamides is 1. The van der Waals surface area contributed by atoms with E-state index in [2.05, 4.69) is 10.6 Å². The average Bonchev–Trinajstić information content (AvgIpc) is 2.71. The Balaban J connectivity index is 1.81. The van der Waals surface area contributed by atoms with Crippen LogP contribution in [0.25, 0.3) is 0 Å². The highest BCUT2D eigenvalue weighted by Crippen LogP contribution is 2.37. The first-order valence-electron chi connectivity index (χ1n) is 6.28. The molecule has 18 heavy (non-hydrogen) atoms. The molecule has 2 rings (SSSR count). The van der Waals surface area contributed by atoms with Crippen LogP contribution in [0.15, 0.2) is 0 Å². The number of hydrogen-bond donors (Lipinski definition) is 1. The van der Waals surface area contributed by atoms with Gasteiger partial charge in [-0.3, -0.25) is 0 Å². The molecule has 1 atom stereocenters. The van der Waals surface area contributed by atoms with E-state index in [9.17, 15) is 8.42 Å². The number of hydrogen-bond acceptors (Lipinski definition) is 4. The first kappa shape index (κ1) is 13.8. The third-order valence-corrected chi connectivity index (χ3v) is 4.49. The molecule has 6 heteroatoms. The highest BCUT2D eigenvalue weighted by molar-refractivity contribution is 7.89. The maximum Gasteiger partial charge on any atom is 0.223 e. The van der Waals surface area contributed by atoms with Gasteiger partial charge in [-0.15, -0.1) is 6.42 Å². The quantitative estimate of drug-likeness (QED) is 0.762. The highest BCUT2D eigenvalue weighted by atomic mass is 32.2. The molecule has 1 aliphatic heterocycles. The zero-order chi connectivity index (χ0) is 13.1. The lowest BCUT2D eigenvalue weighted by Gasteiger charge is -2.31. The van der Waals surface area contributed by atoms with Gasteiger partial charge in [0.2, 0.25) is 10.0 Å². The van der Waals surface area contributed by atoms with E-state index in [1.807, 2.05) is 0 Å². The van der Waals surface area contributed by atoms with Crippen molar-refractivity contribution in [2.75, 3.05) is 18.9 Å². The molecular formula is C12H19NO4S. The third kappa shape index (κ3) is 3.45. The Morgan fingerprint density at radius 1 is 1.33 bits per heavy atom. The maximum absolute atomic E-state index is 11.4. The predicted molar refractivity (Wildman–Crippen MR) is 67.3 cm³/mol. The molecule has 1 saturated carbocycles. The summed E-state index contributed by atoms with van der Waals surface area (Å²) < 4.78 is 36.8. The highest BCUT2D eigenvalue weighted by Gasteiger charge is 2.42. The van der Waals surface area contributed by atoms with Crippen LogP contribution in [0.2, 0.25) is 0 Å². The van der Waals surface area contributed by atoms with Crippen molar-refractivity contribution in [2.45, 2.75) is 44.0 Å². The van der Waals surface area contributed by atoms with E-state index < -0.39 is 15.8 Å². The summed E-state index contributed by atoms with van der Waals surface area (Å²) in [6.45, 7) is 0.671. The summed E-state index contributed by atoms with van der Waals surface area (Å²) in [6.07, 6.45) is 10.0. The van der Waals surface area contributed by atoms with Gasteiger partial charge in [-0.05, 0) is 12.8 Å². The Bertz CT molecular complexity index is 420. The minimum atomic E-state index is -3.38. The van der Waals surface area contributed by atoms with Crippen molar-refractivity contribution in [3.63, 3.8) is 0 Å². The molecule has 0 aromatic heterocycles. The van der Waals surface area contributed by atoms with Gasteiger partial charge in [0, 0.05) is 19.4 Å². The second-order valence-corrected chi connectivity index (χ2v) is 6.64. The number of ether oxygens (including phenoxy) is 2. The average molecular weight is 273 g/mol. The number of rotatable bonds is 4. The van der Waals surface area contributed by atoms with Crippen LogP contribution in [0.4, 0.5) is 0 Å². The van der Waals surface area contributed by atoms with E-state index in [4.69, 9.17) is 15.9 Å². The predicted octanol–water partition coefficient (Wildman–Crippen LogP) is 0.615. The number of nitrogens with one attached hydrogen (secondary N) is 1. The number of terminal acetylenes is 1. The smallest absolute Gasteiger partial charge is 0.223 e. The molecule has 1 saturated heterocycles. The molecule has 0 aromatic rings. The van der Waals surface area contributed by atoms with Crippen molar-refractivity contribution in [3.8, 4) is 12.3 Å². The van der Waals surface area contributed by atoms with Gasteiger partial charge < -0.3 is 9.47 Å². The van der Waals surface area contributed by atoms with Crippen molar-refractivity contribution in [1.82, 2.24) is 4.72 Å². The minimum Gasteiger partial charge on any atom is -0.347 e. The van der Waals surface area contributed by atoms with Crippen molar-refractivity contribution in [2.24, 2.45) is 0 Å². The van der Waals surface area contributed by atoms with Crippen LogP contribution in [0, 0.1) is 12.3 Å². The lowest BCUT2D eigenvalue weighted by molar-refractivity contribution is -0.186. The zero-order valence-electron chi connectivity index (χ0n) is 10.4. The van der Waals surface area contributed by atoms with E-state index in [1.54, 1.807) is 0 Å². The van der Waals surface area contributed by atoms with Crippen LogP contribution in [0.3, 0.4) is 0 Å². The molecule has 0 radical (unpaired) electrons. The van der Waals surface area contributed by atoms with Gasteiger partial charge in [0.1, 0.15) is 5.75 Å². The van der Waals surface area contributed by atoms with Gasteiger partial charge in [-0.1, -0.05) is 12.3 Å². The molecule has 1 aliphatic carbocycles. The molecule has 1 spiro atoms. The van der Waals surface area contributed by atoms with E-state index in [1.165, 1.54) is 6.42 Å². The van der Waals surface area contributed by atoms with Crippen molar-refractivity contribution < 1.29 is 17.9 Å². The molecule has 2 fully saturated rings. The normalized spacial score (nSPS) is 27.2. The molecule has 1 heterocycles. The summed E-state index contributed by atoms with van der Waals surface area (Å²) in [4.78, 5) is 0. The minimum absolute atomic E-state index is 0.212. The third-order valence-electron chi connectivity index (χ3n) is 3.33. The zero-order valence-corrected chi connectivity index (χ0v) is 11.2. The standard InChI is InChI=1S/C12H19NO4S/c1-2-8-18(14,15)13-9-11-10-16-12(17-11)6-4-3-5-7-12/h1,11,13H,3-10H2/t11-/m1/s1. The van der Waals surface area contributed by atoms with Crippen molar-refractivity contribution >= 4 is 10.0 Å². The molecule has 0 bridgehead atoms. The first-order valence-corrected chi connectivity index (χ1v) is 7.93. The van der Waals surface area contributed by atoms with Gasteiger partial charge in [-0.2, -0.15) is 0 Å². The van der Waals surface area contributed by atoms with Crippen LogP contribution in [0.1, 0.15) is 32.1 Å². The Kier molecular flexibility index (Phi) is 4.28.